The van der Waals surface area contributed by atoms with Crippen LogP contribution in [0.2, 0.25) is 0 Å². The number of rotatable bonds is 52. The van der Waals surface area contributed by atoms with Crippen molar-refractivity contribution in [2.45, 2.75) is 213 Å². The molecule has 10 heteroatoms. The number of nitrogens with two attached hydrogens (primary N) is 1. The summed E-state index contributed by atoms with van der Waals surface area (Å²) in [5.41, 5.74) is 5.38. The Kier molecular flexibility index (Phi) is 55.5. The largest absolute Gasteiger partial charge is 0.472 e. The van der Waals surface area contributed by atoms with E-state index in [4.69, 9.17) is 24.3 Å². The summed E-state index contributed by atoms with van der Waals surface area (Å²) in [5.74, 6) is -0.883. The van der Waals surface area contributed by atoms with Crippen molar-refractivity contribution in [3.05, 3.63) is 158 Å². The lowest BCUT2D eigenvalue weighted by Gasteiger charge is -2.19. The molecule has 75 heavy (non-hydrogen) atoms. The number of carbonyl (C=O) groups is 2. The summed E-state index contributed by atoms with van der Waals surface area (Å²) in [6.07, 6.45) is 85.8. The summed E-state index contributed by atoms with van der Waals surface area (Å²) in [6, 6.07) is 0. The first kappa shape index (κ1) is 70.6. The van der Waals surface area contributed by atoms with E-state index in [-0.39, 0.29) is 32.6 Å². The van der Waals surface area contributed by atoms with Crippen molar-refractivity contribution in [2.24, 2.45) is 5.73 Å². The molecule has 3 N–H and O–H groups in total. The zero-order chi connectivity index (χ0) is 54.5. The van der Waals surface area contributed by atoms with E-state index in [0.29, 0.717) is 12.8 Å². The number of hydrogen-bond donors (Lipinski definition) is 2. The lowest BCUT2D eigenvalue weighted by atomic mass is 10.0. The fraction of sp³-hybridized carbons (Fsp3) is 0.569. The van der Waals surface area contributed by atoms with Gasteiger partial charge in [-0.25, -0.2) is 4.57 Å². The van der Waals surface area contributed by atoms with Crippen molar-refractivity contribution < 1.29 is 37.6 Å². The number of phosphoric ester groups is 1. The first-order chi connectivity index (χ1) is 36.8. The summed E-state index contributed by atoms with van der Waals surface area (Å²) in [7, 11) is -4.41. The first-order valence-electron chi connectivity index (χ1n) is 29.0. The number of allylic oxidation sites excluding steroid dienone is 26. The highest BCUT2D eigenvalue weighted by Gasteiger charge is 2.26. The topological polar surface area (TPSA) is 134 Å². The summed E-state index contributed by atoms with van der Waals surface area (Å²) < 4.78 is 33.0. The second kappa shape index (κ2) is 58.9. The van der Waals surface area contributed by atoms with Crippen LogP contribution < -0.4 is 5.73 Å². The molecule has 0 saturated heterocycles. The molecule has 2 atom stereocenters. The van der Waals surface area contributed by atoms with Gasteiger partial charge in [-0.3, -0.25) is 18.6 Å². The lowest BCUT2D eigenvalue weighted by molar-refractivity contribution is -0.161. The Balaban J connectivity index is 4.06. The molecule has 0 heterocycles. The molecule has 0 aromatic carbocycles. The maximum atomic E-state index is 12.7. The van der Waals surface area contributed by atoms with Crippen LogP contribution in [-0.2, 0) is 32.7 Å². The van der Waals surface area contributed by atoms with Crippen molar-refractivity contribution in [3.63, 3.8) is 0 Å². The molecule has 0 fully saturated rings. The molecular formula is C65H104NO8P. The van der Waals surface area contributed by atoms with E-state index < -0.39 is 32.5 Å². The predicted octanol–water partition coefficient (Wildman–Crippen LogP) is 18.5. The average Bonchev–Trinajstić information content (AvgIpc) is 3.40. The zero-order valence-electron chi connectivity index (χ0n) is 47.0. The molecule has 0 aromatic rings. The third-order valence-electron chi connectivity index (χ3n) is 11.4. The van der Waals surface area contributed by atoms with Gasteiger partial charge in [0.15, 0.2) is 6.10 Å². The van der Waals surface area contributed by atoms with Gasteiger partial charge in [0.2, 0.25) is 0 Å². The van der Waals surface area contributed by atoms with Crippen molar-refractivity contribution in [1.29, 1.82) is 0 Å². The third kappa shape index (κ3) is 58.7. The van der Waals surface area contributed by atoms with Crippen molar-refractivity contribution >= 4 is 19.8 Å². The van der Waals surface area contributed by atoms with Crippen LogP contribution in [0.1, 0.15) is 206 Å². The standard InChI is InChI=1S/C65H104NO8P/c1-3-5-7-9-11-13-15-17-19-21-23-24-25-26-27-28-29-30-31-32-33-34-35-36-37-38-40-42-44-46-48-50-52-54-56-58-65(68)74-63(62-73-75(69,70)72-60-59-66)61-71-64(67)57-55-53-51-49-47-45-43-41-39-22-20-18-16-14-12-10-8-6-4-2/h5-8,11-14,17-20,23-24,26-27,29-30,32-33,35-36,39,41,45,47,63H,3-4,9-10,15-16,21-22,25,28,31,34,37-38,40,42-44,46,48-62,66H2,1-2H3,(H,69,70)/b7-5-,8-6-,13-11-,14-12-,19-17-,20-18-,24-23-,27-26-,30-29-,33-32-,36-35-,41-39-,47-45-. The Morgan fingerprint density at radius 1 is 0.400 bits per heavy atom. The van der Waals surface area contributed by atoms with E-state index in [1.165, 1.54) is 38.5 Å². The highest BCUT2D eigenvalue weighted by Crippen LogP contribution is 2.43. The quantitative estimate of drug-likeness (QED) is 0.0264. The number of hydrogen-bond acceptors (Lipinski definition) is 8. The van der Waals surface area contributed by atoms with Crippen LogP contribution in [0.4, 0.5) is 0 Å². The Morgan fingerprint density at radius 2 is 0.693 bits per heavy atom. The molecule has 9 nitrogen and oxygen atoms in total. The zero-order valence-corrected chi connectivity index (χ0v) is 47.9. The fourth-order valence-corrected chi connectivity index (χ4v) is 7.97. The number of esters is 2. The summed E-state index contributed by atoms with van der Waals surface area (Å²) >= 11 is 0. The molecule has 0 rings (SSSR count). The second-order valence-corrected chi connectivity index (χ2v) is 19.8. The van der Waals surface area contributed by atoms with Crippen molar-refractivity contribution in [3.8, 4) is 0 Å². The predicted molar refractivity (Wildman–Crippen MR) is 320 cm³/mol. The highest BCUT2D eigenvalue weighted by molar-refractivity contribution is 7.47. The van der Waals surface area contributed by atoms with Crippen LogP contribution >= 0.6 is 7.82 Å². The molecule has 0 saturated carbocycles. The van der Waals surface area contributed by atoms with Gasteiger partial charge in [-0.1, -0.05) is 230 Å². The monoisotopic (exact) mass is 1060 g/mol. The van der Waals surface area contributed by atoms with Crippen LogP contribution in [0.25, 0.3) is 0 Å². The van der Waals surface area contributed by atoms with Crippen molar-refractivity contribution in [1.82, 2.24) is 0 Å². The molecule has 0 spiro atoms. The molecule has 422 valence electrons. The molecule has 2 unspecified atom stereocenters. The molecule has 0 aliphatic carbocycles. The average molecular weight is 1060 g/mol. The molecular weight excluding hydrogens is 954 g/mol. The van der Waals surface area contributed by atoms with Gasteiger partial charge >= 0.3 is 19.8 Å². The number of unbranched alkanes of at least 4 members (excludes halogenated alkanes) is 13. The fourth-order valence-electron chi connectivity index (χ4n) is 7.21. The van der Waals surface area contributed by atoms with Crippen LogP contribution in [0, 0.1) is 0 Å². The molecule has 0 amide bonds. The van der Waals surface area contributed by atoms with Crippen LogP contribution in [0.3, 0.4) is 0 Å². The van der Waals surface area contributed by atoms with Gasteiger partial charge in [-0.2, -0.15) is 0 Å². The lowest BCUT2D eigenvalue weighted by Crippen LogP contribution is -2.29. The van der Waals surface area contributed by atoms with Gasteiger partial charge in [0, 0.05) is 19.4 Å². The highest BCUT2D eigenvalue weighted by atomic mass is 31.2. The van der Waals surface area contributed by atoms with Gasteiger partial charge < -0.3 is 20.1 Å². The smallest absolute Gasteiger partial charge is 0.462 e. The minimum absolute atomic E-state index is 0.0392. The van der Waals surface area contributed by atoms with Gasteiger partial charge in [0.25, 0.3) is 0 Å². The van der Waals surface area contributed by atoms with Gasteiger partial charge in [-0.05, 0) is 122 Å². The number of phosphoric acid groups is 1. The Morgan fingerprint density at radius 3 is 1.04 bits per heavy atom. The maximum Gasteiger partial charge on any atom is 0.472 e. The van der Waals surface area contributed by atoms with E-state index >= 15 is 0 Å². The minimum atomic E-state index is -4.41. The van der Waals surface area contributed by atoms with Crippen molar-refractivity contribution in [2.75, 3.05) is 26.4 Å². The van der Waals surface area contributed by atoms with E-state index in [0.717, 1.165) is 128 Å². The van der Waals surface area contributed by atoms with Crippen LogP contribution in [0.5, 0.6) is 0 Å². The molecule has 0 aliphatic rings. The molecule has 0 aromatic heterocycles. The van der Waals surface area contributed by atoms with Crippen LogP contribution in [0.15, 0.2) is 158 Å². The Hall–Kier alpha value is -4.37. The second-order valence-electron chi connectivity index (χ2n) is 18.4. The summed E-state index contributed by atoms with van der Waals surface area (Å²) in [5, 5.41) is 0. The molecule has 0 aliphatic heterocycles. The Labute approximate surface area is 458 Å². The van der Waals surface area contributed by atoms with Crippen LogP contribution in [-0.4, -0.2) is 49.3 Å². The SMILES string of the molecule is CC/C=C\C/C=C\C/C=C\C/C=C\C/C=C\C/C=C\C/C=C\C/C=C\CCCCCCCCCCCCC(=O)OC(COC(=O)CCCCC/C=C\C/C=C\C/C=C\C/C=C\C/C=C\CC)COP(=O)(O)OCCN. The Bertz CT molecular complexity index is 1780. The summed E-state index contributed by atoms with van der Waals surface area (Å²) in [6.45, 7) is 3.45. The van der Waals surface area contributed by atoms with E-state index in [9.17, 15) is 19.0 Å². The number of ether oxygens (including phenoxy) is 2. The first-order valence-corrected chi connectivity index (χ1v) is 30.5. The van der Waals surface area contributed by atoms with E-state index in [2.05, 4.69) is 172 Å². The third-order valence-corrected chi connectivity index (χ3v) is 12.4. The van der Waals surface area contributed by atoms with Gasteiger partial charge in [-0.15, -0.1) is 0 Å². The number of carbonyl (C=O) groups excluding carboxylic acids is 2. The van der Waals surface area contributed by atoms with Gasteiger partial charge in [0.1, 0.15) is 6.61 Å². The van der Waals surface area contributed by atoms with E-state index in [1.54, 1.807) is 0 Å². The molecule has 0 radical (unpaired) electrons. The molecule has 0 bridgehead atoms. The van der Waals surface area contributed by atoms with Gasteiger partial charge in [0.05, 0.1) is 13.2 Å². The summed E-state index contributed by atoms with van der Waals surface area (Å²) in [4.78, 5) is 35.2. The van der Waals surface area contributed by atoms with E-state index in [1.807, 2.05) is 0 Å². The minimum Gasteiger partial charge on any atom is -0.462 e. The maximum absolute atomic E-state index is 12.7. The normalized spacial score (nSPS) is 14.2.